The van der Waals surface area contributed by atoms with Gasteiger partial charge in [-0.2, -0.15) is 5.10 Å². The highest BCUT2D eigenvalue weighted by Gasteiger charge is 2.29. The highest BCUT2D eigenvalue weighted by molar-refractivity contribution is 9.10. The molecular formula is C27H34BrN3O. The second-order valence-corrected chi connectivity index (χ2v) is 9.78. The Morgan fingerprint density at radius 1 is 1.06 bits per heavy atom. The molecule has 32 heavy (non-hydrogen) atoms. The number of aryl methyl sites for hydroxylation is 3. The summed E-state index contributed by atoms with van der Waals surface area (Å²) in [4.78, 5) is 2.59. The summed E-state index contributed by atoms with van der Waals surface area (Å²) in [5.41, 5.74) is 10.5. The van der Waals surface area contributed by atoms with Crippen molar-refractivity contribution < 1.29 is 4.74 Å². The number of halogens is 1. The van der Waals surface area contributed by atoms with Crippen LogP contribution in [0, 0.1) is 13.8 Å². The van der Waals surface area contributed by atoms with E-state index in [-0.39, 0.29) is 0 Å². The zero-order valence-electron chi connectivity index (χ0n) is 19.9. The molecule has 1 aliphatic rings. The van der Waals surface area contributed by atoms with E-state index in [9.17, 15) is 0 Å². The van der Waals surface area contributed by atoms with Crippen LogP contribution in [0.25, 0.3) is 5.69 Å². The Hall–Kier alpha value is -1.95. The first kappa shape index (κ1) is 23.2. The van der Waals surface area contributed by atoms with Crippen molar-refractivity contribution in [2.24, 2.45) is 0 Å². The molecule has 1 unspecified atom stereocenters. The van der Waals surface area contributed by atoms with Gasteiger partial charge < -0.3 is 4.74 Å². The van der Waals surface area contributed by atoms with Crippen LogP contribution in [0.3, 0.4) is 0 Å². The van der Waals surface area contributed by atoms with Gasteiger partial charge >= 0.3 is 0 Å². The monoisotopic (exact) mass is 495 g/mol. The lowest BCUT2D eigenvalue weighted by atomic mass is 9.93. The lowest BCUT2D eigenvalue weighted by Crippen LogP contribution is -2.42. The Morgan fingerprint density at radius 2 is 1.75 bits per heavy atom. The van der Waals surface area contributed by atoms with E-state index in [0.29, 0.717) is 6.04 Å². The molecule has 0 spiro atoms. The first-order chi connectivity index (χ1) is 15.5. The van der Waals surface area contributed by atoms with E-state index in [0.717, 1.165) is 43.4 Å². The molecule has 2 heterocycles. The molecule has 0 N–H and O–H groups in total. The predicted octanol–water partition coefficient (Wildman–Crippen LogP) is 5.95. The number of aromatic nitrogens is 2. The fraction of sp³-hybridized carbons (Fsp3) is 0.444. The molecular weight excluding hydrogens is 462 g/mol. The van der Waals surface area contributed by atoms with Crippen LogP contribution < -0.4 is 0 Å². The van der Waals surface area contributed by atoms with Crippen LogP contribution in [-0.4, -0.2) is 34.4 Å². The summed E-state index contributed by atoms with van der Waals surface area (Å²) >= 11 is 3.64. The Labute approximate surface area is 200 Å². The Balaban J connectivity index is 1.76. The van der Waals surface area contributed by atoms with Crippen molar-refractivity contribution in [1.29, 1.82) is 0 Å². The fourth-order valence-corrected chi connectivity index (χ4v) is 5.86. The van der Waals surface area contributed by atoms with E-state index in [1.165, 1.54) is 44.9 Å². The molecule has 3 aromatic rings. The van der Waals surface area contributed by atoms with Gasteiger partial charge in [-0.1, -0.05) is 54.0 Å². The van der Waals surface area contributed by atoms with E-state index < -0.39 is 0 Å². The molecule has 5 heteroatoms. The van der Waals surface area contributed by atoms with Crippen molar-refractivity contribution in [3.63, 3.8) is 0 Å². The van der Waals surface area contributed by atoms with Gasteiger partial charge in [0.05, 0.1) is 18.0 Å². The summed E-state index contributed by atoms with van der Waals surface area (Å²) in [7, 11) is 1.81. The average Bonchev–Trinajstić information content (AvgIpc) is 3.10. The average molecular weight is 496 g/mol. The molecule has 170 valence electrons. The maximum absolute atomic E-state index is 5.63. The van der Waals surface area contributed by atoms with Crippen molar-refractivity contribution in [3.05, 3.63) is 80.1 Å². The highest BCUT2D eigenvalue weighted by Crippen LogP contribution is 2.31. The van der Waals surface area contributed by atoms with Gasteiger partial charge in [-0.05, 0) is 67.5 Å². The number of nitrogens with zero attached hydrogens (tertiary/aromatic N) is 3. The second kappa shape index (κ2) is 9.90. The van der Waals surface area contributed by atoms with Gasteiger partial charge in [0.1, 0.15) is 0 Å². The van der Waals surface area contributed by atoms with Gasteiger partial charge in [-0.25, -0.2) is 4.68 Å². The molecule has 0 bridgehead atoms. The van der Waals surface area contributed by atoms with E-state index >= 15 is 0 Å². The van der Waals surface area contributed by atoms with Crippen molar-refractivity contribution in [3.8, 4) is 5.69 Å². The Morgan fingerprint density at radius 3 is 2.38 bits per heavy atom. The standard InChI is InChI=1S/C27H34BrN3O/c1-6-25-24(16-30-15-21-11-9-8-10-20(21)14-23(30)17-32-5)26(7-2)31(29-25)27-18(3)12-22(28)13-19(27)4/h8-13,23H,6-7,14-17H2,1-5H3. The number of hydrogen-bond donors (Lipinski definition) is 0. The maximum atomic E-state index is 5.63. The molecule has 4 nitrogen and oxygen atoms in total. The summed E-state index contributed by atoms with van der Waals surface area (Å²) in [6.07, 6.45) is 2.92. The molecule has 2 aromatic carbocycles. The van der Waals surface area contributed by atoms with Gasteiger partial charge in [0, 0.05) is 42.0 Å². The fourth-order valence-electron chi connectivity index (χ4n) is 5.17. The summed E-state index contributed by atoms with van der Waals surface area (Å²) < 4.78 is 8.96. The van der Waals surface area contributed by atoms with Crippen LogP contribution in [0.1, 0.15) is 53.1 Å². The lowest BCUT2D eigenvalue weighted by Gasteiger charge is -2.36. The SMILES string of the molecule is CCc1nn(-c2c(C)cc(Br)cc2C)c(CC)c1CN1Cc2ccccc2CC1COC. The molecule has 0 aliphatic carbocycles. The van der Waals surface area contributed by atoms with Crippen LogP contribution in [0.5, 0.6) is 0 Å². The number of rotatable bonds is 7. The normalized spacial score (nSPS) is 16.4. The minimum absolute atomic E-state index is 0.379. The van der Waals surface area contributed by atoms with Crippen LogP contribution in [-0.2, 0) is 37.1 Å². The van der Waals surface area contributed by atoms with Crippen LogP contribution in [0.15, 0.2) is 40.9 Å². The van der Waals surface area contributed by atoms with Gasteiger partial charge in [0.15, 0.2) is 0 Å². The number of hydrogen-bond acceptors (Lipinski definition) is 3. The van der Waals surface area contributed by atoms with E-state index in [2.05, 4.69) is 89.6 Å². The van der Waals surface area contributed by atoms with Crippen molar-refractivity contribution in [2.45, 2.75) is 66.1 Å². The zero-order chi connectivity index (χ0) is 22.8. The van der Waals surface area contributed by atoms with E-state index in [1.807, 2.05) is 7.11 Å². The third-order valence-corrected chi connectivity index (χ3v) is 7.15. The first-order valence-electron chi connectivity index (χ1n) is 11.6. The molecule has 1 aromatic heterocycles. The van der Waals surface area contributed by atoms with Crippen LogP contribution in [0.2, 0.25) is 0 Å². The zero-order valence-corrected chi connectivity index (χ0v) is 21.5. The van der Waals surface area contributed by atoms with Crippen molar-refractivity contribution in [1.82, 2.24) is 14.7 Å². The molecule has 0 radical (unpaired) electrons. The maximum Gasteiger partial charge on any atom is 0.0708 e. The van der Waals surface area contributed by atoms with E-state index in [4.69, 9.17) is 9.84 Å². The van der Waals surface area contributed by atoms with Gasteiger partial charge in [0.2, 0.25) is 0 Å². The van der Waals surface area contributed by atoms with Crippen molar-refractivity contribution in [2.75, 3.05) is 13.7 Å². The summed E-state index contributed by atoms with van der Waals surface area (Å²) in [5.74, 6) is 0. The third-order valence-electron chi connectivity index (χ3n) is 6.69. The third kappa shape index (κ3) is 4.43. The Kier molecular flexibility index (Phi) is 7.18. The van der Waals surface area contributed by atoms with Gasteiger partial charge in [-0.3, -0.25) is 4.90 Å². The minimum atomic E-state index is 0.379. The second-order valence-electron chi connectivity index (χ2n) is 8.87. The van der Waals surface area contributed by atoms with Crippen LogP contribution in [0.4, 0.5) is 0 Å². The predicted molar refractivity (Wildman–Crippen MR) is 135 cm³/mol. The summed E-state index contributed by atoms with van der Waals surface area (Å²) in [6, 6.07) is 13.6. The Bertz CT molecular complexity index is 1080. The highest BCUT2D eigenvalue weighted by atomic mass is 79.9. The smallest absolute Gasteiger partial charge is 0.0708 e. The number of benzene rings is 2. The molecule has 0 saturated heterocycles. The first-order valence-corrected chi connectivity index (χ1v) is 12.4. The minimum Gasteiger partial charge on any atom is -0.383 e. The van der Waals surface area contributed by atoms with Gasteiger partial charge in [0.25, 0.3) is 0 Å². The molecule has 1 aliphatic heterocycles. The molecule has 0 amide bonds. The lowest BCUT2D eigenvalue weighted by molar-refractivity contribution is 0.0719. The van der Waals surface area contributed by atoms with Crippen LogP contribution >= 0.6 is 15.9 Å². The molecule has 4 rings (SSSR count). The topological polar surface area (TPSA) is 30.3 Å². The van der Waals surface area contributed by atoms with Gasteiger partial charge in [-0.15, -0.1) is 0 Å². The molecule has 1 atom stereocenters. The quantitative estimate of drug-likeness (QED) is 0.405. The largest absolute Gasteiger partial charge is 0.383 e. The summed E-state index contributed by atoms with van der Waals surface area (Å²) in [5, 5.41) is 5.15. The molecule has 0 fully saturated rings. The van der Waals surface area contributed by atoms with E-state index in [1.54, 1.807) is 0 Å². The number of ether oxygens (including phenoxy) is 1. The number of fused-ring (bicyclic) bond motifs is 1. The van der Waals surface area contributed by atoms with Crippen molar-refractivity contribution >= 4 is 15.9 Å². The number of methoxy groups -OCH3 is 1. The summed E-state index contributed by atoms with van der Waals surface area (Å²) in [6.45, 7) is 11.4. The molecule has 0 saturated carbocycles.